The molecular formula is C10H13ClN2O. The molecular weight excluding hydrogens is 200 g/mol. The van der Waals surface area contributed by atoms with Crippen LogP contribution in [0.15, 0.2) is 18.2 Å². The van der Waals surface area contributed by atoms with Crippen LogP contribution in [-0.2, 0) is 6.42 Å². The van der Waals surface area contributed by atoms with Gasteiger partial charge in [-0.25, -0.2) is 0 Å². The fourth-order valence-electron chi connectivity index (χ4n) is 1.59. The van der Waals surface area contributed by atoms with Crippen molar-refractivity contribution in [1.82, 2.24) is 0 Å². The highest BCUT2D eigenvalue weighted by atomic mass is 35.5. The number of benzene rings is 1. The molecule has 0 fully saturated rings. The zero-order valence-corrected chi connectivity index (χ0v) is 8.73. The molecule has 0 bridgehead atoms. The first kappa shape index (κ1) is 10.9. The molecule has 0 saturated heterocycles. The maximum Gasteiger partial charge on any atom is 0.123 e. The topological polar surface area (TPSA) is 59.1 Å². The standard InChI is InChI=1S/C10H12N2O.ClH/c1-6-4-8-5-7(10(11)12)2-3-9(8)13-6;/h2-3,5-6H,4H2,1H3,(H3,11,12);1H. The van der Waals surface area contributed by atoms with E-state index in [1.165, 1.54) is 0 Å². The van der Waals surface area contributed by atoms with E-state index in [9.17, 15) is 0 Å². The van der Waals surface area contributed by atoms with E-state index in [1.54, 1.807) is 0 Å². The van der Waals surface area contributed by atoms with Crippen molar-refractivity contribution in [2.24, 2.45) is 5.73 Å². The molecule has 0 amide bonds. The summed E-state index contributed by atoms with van der Waals surface area (Å²) < 4.78 is 5.53. The van der Waals surface area contributed by atoms with Gasteiger partial charge in [0.1, 0.15) is 17.7 Å². The average Bonchev–Trinajstić information content (AvgIpc) is 2.42. The Bertz CT molecular complexity index is 365. The monoisotopic (exact) mass is 212 g/mol. The van der Waals surface area contributed by atoms with E-state index in [0.717, 1.165) is 23.3 Å². The first-order chi connectivity index (χ1) is 6.16. The van der Waals surface area contributed by atoms with Crippen molar-refractivity contribution in [2.75, 3.05) is 0 Å². The number of halogens is 1. The maximum atomic E-state index is 7.29. The predicted molar refractivity (Wildman–Crippen MR) is 58.5 cm³/mol. The molecule has 1 aliphatic rings. The van der Waals surface area contributed by atoms with Crippen molar-refractivity contribution < 1.29 is 4.74 Å². The Morgan fingerprint density at radius 3 is 2.93 bits per heavy atom. The van der Waals surface area contributed by atoms with Crippen LogP contribution >= 0.6 is 12.4 Å². The van der Waals surface area contributed by atoms with Crippen LogP contribution in [0.1, 0.15) is 18.1 Å². The molecule has 14 heavy (non-hydrogen) atoms. The number of nitrogen functional groups attached to an aromatic ring is 1. The van der Waals surface area contributed by atoms with E-state index < -0.39 is 0 Å². The summed E-state index contributed by atoms with van der Waals surface area (Å²) in [6.45, 7) is 2.04. The summed E-state index contributed by atoms with van der Waals surface area (Å²) in [5.74, 6) is 1.04. The van der Waals surface area contributed by atoms with E-state index in [-0.39, 0.29) is 24.3 Å². The highest BCUT2D eigenvalue weighted by molar-refractivity contribution is 5.95. The molecule has 1 atom stereocenters. The van der Waals surface area contributed by atoms with E-state index >= 15 is 0 Å². The lowest BCUT2D eigenvalue weighted by Crippen LogP contribution is -2.10. The van der Waals surface area contributed by atoms with Crippen molar-refractivity contribution in [1.29, 1.82) is 5.41 Å². The van der Waals surface area contributed by atoms with Gasteiger partial charge in [0.2, 0.25) is 0 Å². The quantitative estimate of drug-likeness (QED) is 0.550. The number of hydrogen-bond acceptors (Lipinski definition) is 2. The lowest BCUT2D eigenvalue weighted by atomic mass is 10.1. The van der Waals surface area contributed by atoms with Crippen LogP contribution < -0.4 is 10.5 Å². The Labute approximate surface area is 89.2 Å². The second kappa shape index (κ2) is 3.88. The van der Waals surface area contributed by atoms with Crippen molar-refractivity contribution in [2.45, 2.75) is 19.4 Å². The van der Waals surface area contributed by atoms with Crippen molar-refractivity contribution in [3.8, 4) is 5.75 Å². The van der Waals surface area contributed by atoms with E-state index in [2.05, 4.69) is 0 Å². The third-order valence-corrected chi connectivity index (χ3v) is 2.21. The first-order valence-electron chi connectivity index (χ1n) is 4.31. The van der Waals surface area contributed by atoms with Gasteiger partial charge in [-0.15, -0.1) is 12.4 Å². The number of nitrogens with one attached hydrogen (secondary N) is 1. The third-order valence-electron chi connectivity index (χ3n) is 2.21. The van der Waals surface area contributed by atoms with Crippen molar-refractivity contribution in [3.63, 3.8) is 0 Å². The predicted octanol–water partition coefficient (Wildman–Crippen LogP) is 1.72. The molecule has 0 spiro atoms. The molecule has 1 aliphatic heterocycles. The minimum Gasteiger partial charge on any atom is -0.490 e. The molecule has 0 aliphatic carbocycles. The Morgan fingerprint density at radius 1 is 1.57 bits per heavy atom. The third kappa shape index (κ3) is 1.82. The molecule has 4 heteroatoms. The highest BCUT2D eigenvalue weighted by Gasteiger charge is 2.18. The molecule has 1 heterocycles. The van der Waals surface area contributed by atoms with Gasteiger partial charge in [0.15, 0.2) is 0 Å². The minimum absolute atomic E-state index is 0. The Hall–Kier alpha value is -1.22. The lowest BCUT2D eigenvalue weighted by molar-refractivity contribution is 0.254. The van der Waals surface area contributed by atoms with Gasteiger partial charge in [-0.05, 0) is 30.7 Å². The van der Waals surface area contributed by atoms with Crippen LogP contribution in [0.25, 0.3) is 0 Å². The van der Waals surface area contributed by atoms with Gasteiger partial charge in [-0.2, -0.15) is 0 Å². The molecule has 1 aromatic carbocycles. The summed E-state index contributed by atoms with van der Waals surface area (Å²) in [5, 5.41) is 7.29. The minimum atomic E-state index is 0. The Kier molecular flexibility index (Phi) is 3.01. The van der Waals surface area contributed by atoms with Crippen LogP contribution in [0, 0.1) is 5.41 Å². The van der Waals surface area contributed by atoms with Gasteiger partial charge < -0.3 is 10.5 Å². The summed E-state index contributed by atoms with van der Waals surface area (Å²) in [7, 11) is 0. The van der Waals surface area contributed by atoms with Gasteiger partial charge in [-0.3, -0.25) is 5.41 Å². The van der Waals surface area contributed by atoms with Crippen LogP contribution in [0.2, 0.25) is 0 Å². The van der Waals surface area contributed by atoms with Gasteiger partial charge in [0.25, 0.3) is 0 Å². The zero-order chi connectivity index (χ0) is 9.42. The number of hydrogen-bond donors (Lipinski definition) is 2. The molecule has 0 radical (unpaired) electrons. The molecule has 76 valence electrons. The summed E-state index contributed by atoms with van der Waals surface area (Å²) in [4.78, 5) is 0. The van der Waals surface area contributed by atoms with Gasteiger partial charge in [-0.1, -0.05) is 0 Å². The number of rotatable bonds is 1. The van der Waals surface area contributed by atoms with Gasteiger partial charge in [0, 0.05) is 12.0 Å². The maximum absolute atomic E-state index is 7.29. The summed E-state index contributed by atoms with van der Waals surface area (Å²) >= 11 is 0. The molecule has 3 N–H and O–H groups in total. The molecule has 1 unspecified atom stereocenters. The second-order valence-electron chi connectivity index (χ2n) is 3.37. The number of nitrogens with two attached hydrogens (primary N) is 1. The van der Waals surface area contributed by atoms with E-state index in [0.29, 0.717) is 0 Å². The van der Waals surface area contributed by atoms with Crippen LogP contribution in [0.3, 0.4) is 0 Å². The Balaban J connectivity index is 0.000000980. The average molecular weight is 213 g/mol. The smallest absolute Gasteiger partial charge is 0.123 e. The first-order valence-corrected chi connectivity index (χ1v) is 4.31. The normalized spacial score (nSPS) is 17.9. The van der Waals surface area contributed by atoms with E-state index in [4.69, 9.17) is 15.9 Å². The number of amidine groups is 1. The molecule has 0 saturated carbocycles. The van der Waals surface area contributed by atoms with Gasteiger partial charge >= 0.3 is 0 Å². The lowest BCUT2D eigenvalue weighted by Gasteiger charge is -2.02. The number of ether oxygens (including phenoxy) is 1. The summed E-state index contributed by atoms with van der Waals surface area (Å²) in [5.41, 5.74) is 7.31. The van der Waals surface area contributed by atoms with Crippen LogP contribution in [-0.4, -0.2) is 11.9 Å². The summed E-state index contributed by atoms with van der Waals surface area (Å²) in [6, 6.07) is 5.63. The highest BCUT2D eigenvalue weighted by Crippen LogP contribution is 2.29. The zero-order valence-electron chi connectivity index (χ0n) is 7.91. The molecule has 3 nitrogen and oxygen atoms in total. The van der Waals surface area contributed by atoms with Crippen LogP contribution in [0.4, 0.5) is 0 Å². The van der Waals surface area contributed by atoms with Crippen molar-refractivity contribution in [3.05, 3.63) is 29.3 Å². The number of fused-ring (bicyclic) bond motifs is 1. The summed E-state index contributed by atoms with van der Waals surface area (Å²) in [6.07, 6.45) is 1.16. The van der Waals surface area contributed by atoms with Gasteiger partial charge in [0.05, 0.1) is 0 Å². The fraction of sp³-hybridized carbons (Fsp3) is 0.300. The fourth-order valence-corrected chi connectivity index (χ4v) is 1.59. The molecule has 1 aromatic rings. The van der Waals surface area contributed by atoms with E-state index in [1.807, 2.05) is 25.1 Å². The largest absolute Gasteiger partial charge is 0.490 e. The SMILES string of the molecule is CC1Cc2cc(C(=N)N)ccc2O1.Cl. The second-order valence-corrected chi connectivity index (χ2v) is 3.37. The van der Waals surface area contributed by atoms with Crippen molar-refractivity contribution >= 4 is 18.2 Å². The Morgan fingerprint density at radius 2 is 2.29 bits per heavy atom. The van der Waals surface area contributed by atoms with Crippen LogP contribution in [0.5, 0.6) is 5.75 Å². The molecule has 0 aromatic heterocycles. The molecule has 2 rings (SSSR count).